The number of hydrogen-bond donors (Lipinski definition) is 2. The molecular weight excluding hydrogens is 304 g/mol. The van der Waals surface area contributed by atoms with E-state index >= 15 is 0 Å². The Bertz CT molecular complexity index is 676. The van der Waals surface area contributed by atoms with Crippen LogP contribution in [0.15, 0.2) is 36.4 Å². The molecule has 0 unspecified atom stereocenters. The van der Waals surface area contributed by atoms with Crippen LogP contribution in [0.25, 0.3) is 0 Å². The smallest absolute Gasteiger partial charge is 0.232 e. The Labute approximate surface area is 130 Å². The minimum atomic E-state index is -3.21. The van der Waals surface area contributed by atoms with Crippen LogP contribution in [0.5, 0.6) is 0 Å². The van der Waals surface area contributed by atoms with E-state index in [9.17, 15) is 8.42 Å². The fraction of sp³-hybridized carbons (Fsp3) is 0.333. The monoisotopic (exact) mass is 324 g/mol. The average Bonchev–Trinajstić information content (AvgIpc) is 2.94. The topological polar surface area (TPSA) is 58.2 Å². The number of hydrogen-bond acceptors (Lipinski definition) is 4. The molecule has 0 aliphatic carbocycles. The minimum Gasteiger partial charge on any atom is -0.380 e. The summed E-state index contributed by atoms with van der Waals surface area (Å²) in [6.45, 7) is 4.55. The first kappa shape index (κ1) is 15.9. The van der Waals surface area contributed by atoms with Crippen LogP contribution in [0.4, 0.5) is 11.4 Å². The van der Waals surface area contributed by atoms with E-state index in [4.69, 9.17) is 0 Å². The molecule has 2 aromatic rings. The summed E-state index contributed by atoms with van der Waals surface area (Å²) in [5.74, 6) is 0.0745. The lowest BCUT2D eigenvalue weighted by Gasteiger charge is -2.08. The lowest BCUT2D eigenvalue weighted by molar-refractivity contribution is 0.602. The maximum atomic E-state index is 11.5. The second kappa shape index (κ2) is 6.95. The third kappa shape index (κ3) is 4.75. The fourth-order valence-corrected chi connectivity index (χ4v) is 3.34. The van der Waals surface area contributed by atoms with Gasteiger partial charge in [0.25, 0.3) is 0 Å². The Balaban J connectivity index is 1.93. The number of benzene rings is 1. The Morgan fingerprint density at radius 3 is 2.14 bits per heavy atom. The van der Waals surface area contributed by atoms with Crippen LogP contribution >= 0.6 is 11.3 Å². The van der Waals surface area contributed by atoms with Crippen LogP contribution in [0, 0.1) is 0 Å². The Hall–Kier alpha value is -1.53. The lowest BCUT2D eigenvalue weighted by Crippen LogP contribution is -2.14. The molecule has 21 heavy (non-hydrogen) atoms. The van der Waals surface area contributed by atoms with Gasteiger partial charge < -0.3 is 5.32 Å². The molecule has 4 nitrogen and oxygen atoms in total. The highest BCUT2D eigenvalue weighted by atomic mass is 32.2. The first-order valence-electron chi connectivity index (χ1n) is 6.94. The van der Waals surface area contributed by atoms with Crippen LogP contribution < -0.4 is 10.0 Å². The van der Waals surface area contributed by atoms with Crippen LogP contribution in [0.1, 0.15) is 23.6 Å². The third-order valence-electron chi connectivity index (χ3n) is 3.07. The lowest BCUT2D eigenvalue weighted by atomic mass is 10.3. The fourth-order valence-electron chi connectivity index (χ4n) is 1.80. The molecule has 0 saturated heterocycles. The van der Waals surface area contributed by atoms with E-state index in [0.717, 1.165) is 18.7 Å². The quantitative estimate of drug-likeness (QED) is 0.817. The zero-order valence-corrected chi connectivity index (χ0v) is 13.9. The molecule has 0 amide bonds. The van der Waals surface area contributed by atoms with E-state index in [2.05, 4.69) is 29.1 Å². The molecule has 1 aromatic heterocycles. The van der Waals surface area contributed by atoms with Gasteiger partial charge in [-0.3, -0.25) is 4.72 Å². The van der Waals surface area contributed by atoms with E-state index in [0.29, 0.717) is 5.69 Å². The predicted octanol–water partition coefficient (Wildman–Crippen LogP) is 3.68. The van der Waals surface area contributed by atoms with Crippen molar-refractivity contribution in [1.29, 1.82) is 0 Å². The molecule has 0 bridgehead atoms. The van der Waals surface area contributed by atoms with Crippen molar-refractivity contribution in [2.75, 3.05) is 15.8 Å². The Morgan fingerprint density at radius 1 is 0.952 bits per heavy atom. The van der Waals surface area contributed by atoms with Gasteiger partial charge in [-0.2, -0.15) is 0 Å². The van der Waals surface area contributed by atoms with Crippen molar-refractivity contribution >= 4 is 32.7 Å². The maximum absolute atomic E-state index is 11.5. The second-order valence-corrected chi connectivity index (χ2v) is 7.92. The third-order valence-corrected chi connectivity index (χ3v) is 5.61. The predicted molar refractivity (Wildman–Crippen MR) is 90.5 cm³/mol. The van der Waals surface area contributed by atoms with Crippen LogP contribution in [-0.2, 0) is 23.0 Å². The van der Waals surface area contributed by atoms with Gasteiger partial charge in [0.1, 0.15) is 0 Å². The highest BCUT2D eigenvalue weighted by Crippen LogP contribution is 2.20. The number of sulfonamides is 1. The molecule has 2 rings (SSSR count). The summed E-state index contributed by atoms with van der Waals surface area (Å²) in [5, 5.41) is 3.34. The van der Waals surface area contributed by atoms with Gasteiger partial charge in [0, 0.05) is 27.7 Å². The van der Waals surface area contributed by atoms with E-state index < -0.39 is 10.0 Å². The van der Waals surface area contributed by atoms with Crippen LogP contribution in [-0.4, -0.2) is 14.2 Å². The van der Waals surface area contributed by atoms with Crippen molar-refractivity contribution in [3.8, 4) is 0 Å². The van der Waals surface area contributed by atoms with Crippen molar-refractivity contribution in [2.45, 2.75) is 26.8 Å². The molecule has 0 aliphatic heterocycles. The number of anilines is 2. The van der Waals surface area contributed by atoms with Crippen molar-refractivity contribution in [1.82, 2.24) is 0 Å². The highest BCUT2D eigenvalue weighted by Gasteiger charge is 2.06. The zero-order chi connectivity index (χ0) is 15.3. The van der Waals surface area contributed by atoms with Crippen molar-refractivity contribution in [2.24, 2.45) is 0 Å². The zero-order valence-electron chi connectivity index (χ0n) is 12.2. The second-order valence-electron chi connectivity index (χ2n) is 4.66. The summed E-state index contributed by atoms with van der Waals surface area (Å²) in [5.41, 5.74) is 1.56. The van der Waals surface area contributed by atoms with Crippen molar-refractivity contribution in [3.63, 3.8) is 0 Å². The first-order chi connectivity index (χ1) is 10.0. The van der Waals surface area contributed by atoms with Gasteiger partial charge >= 0.3 is 0 Å². The minimum absolute atomic E-state index is 0.0745. The summed E-state index contributed by atoms with van der Waals surface area (Å²) in [6, 6.07) is 11.6. The standard InChI is InChI=1S/C15H20N2O2S2/c1-3-14-9-10-15(20-14)11-16-12-5-7-13(8-6-12)17-21(18,19)4-2/h5-10,16-17H,3-4,11H2,1-2H3. The molecule has 0 aliphatic rings. The summed E-state index contributed by atoms with van der Waals surface area (Å²) in [7, 11) is -3.21. The van der Waals surface area contributed by atoms with Gasteiger partial charge in [-0.05, 0) is 49.7 Å². The largest absolute Gasteiger partial charge is 0.380 e. The van der Waals surface area contributed by atoms with Gasteiger partial charge in [-0.15, -0.1) is 11.3 Å². The molecule has 0 saturated carbocycles. The van der Waals surface area contributed by atoms with Gasteiger partial charge in [0.15, 0.2) is 0 Å². The van der Waals surface area contributed by atoms with Gasteiger partial charge in [-0.1, -0.05) is 6.92 Å². The van der Waals surface area contributed by atoms with Gasteiger partial charge in [0.2, 0.25) is 10.0 Å². The van der Waals surface area contributed by atoms with Crippen molar-refractivity contribution < 1.29 is 8.42 Å². The Kier molecular flexibility index (Phi) is 5.25. The first-order valence-corrected chi connectivity index (χ1v) is 9.41. The Morgan fingerprint density at radius 2 is 1.57 bits per heavy atom. The van der Waals surface area contributed by atoms with E-state index in [1.165, 1.54) is 9.75 Å². The average molecular weight is 324 g/mol. The van der Waals surface area contributed by atoms with Gasteiger partial charge in [-0.25, -0.2) is 8.42 Å². The SMILES string of the molecule is CCc1ccc(CNc2ccc(NS(=O)(=O)CC)cc2)s1. The molecular formula is C15H20N2O2S2. The normalized spacial score (nSPS) is 11.3. The number of aryl methyl sites for hydroxylation is 1. The van der Waals surface area contributed by atoms with E-state index in [-0.39, 0.29) is 5.75 Å². The molecule has 114 valence electrons. The summed E-state index contributed by atoms with van der Waals surface area (Å²) < 4.78 is 25.5. The maximum Gasteiger partial charge on any atom is 0.232 e. The van der Waals surface area contributed by atoms with Crippen LogP contribution in [0.3, 0.4) is 0 Å². The molecule has 0 radical (unpaired) electrons. The molecule has 0 spiro atoms. The number of nitrogens with one attached hydrogen (secondary N) is 2. The van der Waals surface area contributed by atoms with Crippen LogP contribution in [0.2, 0.25) is 0 Å². The summed E-state index contributed by atoms with van der Waals surface area (Å²) >= 11 is 1.81. The van der Waals surface area contributed by atoms with E-state index in [1.807, 2.05) is 23.5 Å². The van der Waals surface area contributed by atoms with Crippen molar-refractivity contribution in [3.05, 3.63) is 46.2 Å². The summed E-state index contributed by atoms with van der Waals surface area (Å²) in [6.07, 6.45) is 1.07. The summed E-state index contributed by atoms with van der Waals surface area (Å²) in [4.78, 5) is 2.68. The van der Waals surface area contributed by atoms with E-state index in [1.54, 1.807) is 19.1 Å². The molecule has 1 heterocycles. The molecule has 6 heteroatoms. The highest BCUT2D eigenvalue weighted by molar-refractivity contribution is 7.92. The molecule has 0 atom stereocenters. The molecule has 2 N–H and O–H groups in total. The van der Waals surface area contributed by atoms with Gasteiger partial charge in [0.05, 0.1) is 5.75 Å². The molecule has 1 aromatic carbocycles. The number of thiophene rings is 1. The molecule has 0 fully saturated rings. The number of rotatable bonds is 7.